The molecule has 0 aliphatic rings. The second-order valence-electron chi connectivity index (χ2n) is 5.19. The minimum Gasteiger partial charge on any atom is -0.483 e. The Morgan fingerprint density at radius 1 is 1.37 bits per heavy atom. The van der Waals surface area contributed by atoms with Crippen LogP contribution in [0.25, 0.3) is 22.8 Å². The Hall–Kier alpha value is -3.60. The molecule has 2 heterocycles. The van der Waals surface area contributed by atoms with Crippen LogP contribution in [0.1, 0.15) is 5.82 Å². The van der Waals surface area contributed by atoms with Crippen molar-refractivity contribution in [1.82, 2.24) is 25.0 Å². The molecule has 27 heavy (non-hydrogen) atoms. The number of nitrogens with zero attached hydrogens (tertiary/aromatic N) is 4. The molecule has 5 N–H and O–H groups in total. The van der Waals surface area contributed by atoms with Crippen molar-refractivity contribution >= 4 is 12.4 Å². The highest BCUT2D eigenvalue weighted by Gasteiger charge is 2.17. The second kappa shape index (κ2) is 9.20. The lowest BCUT2D eigenvalue weighted by Crippen LogP contribution is -2.15. The van der Waals surface area contributed by atoms with Gasteiger partial charge in [-0.3, -0.25) is 14.7 Å². The number of rotatable bonds is 6. The Labute approximate surface area is 152 Å². The van der Waals surface area contributed by atoms with Crippen molar-refractivity contribution in [2.45, 2.75) is 13.0 Å². The molecule has 0 saturated carbocycles. The molecule has 0 fully saturated rings. The zero-order valence-corrected chi connectivity index (χ0v) is 14.0. The van der Waals surface area contributed by atoms with Crippen LogP contribution in [0.3, 0.4) is 0 Å². The molecule has 10 nitrogen and oxygen atoms in total. The van der Waals surface area contributed by atoms with Crippen LogP contribution in [0.5, 0.6) is 0 Å². The summed E-state index contributed by atoms with van der Waals surface area (Å²) >= 11 is 0. The minimum absolute atomic E-state index is 0.111. The van der Waals surface area contributed by atoms with Crippen molar-refractivity contribution in [3.05, 3.63) is 42.0 Å². The fourth-order valence-electron chi connectivity index (χ4n) is 2.31. The van der Waals surface area contributed by atoms with Crippen molar-refractivity contribution in [2.75, 3.05) is 6.61 Å². The molecule has 2 aromatic heterocycles. The number of aromatic amines is 1. The number of hydrogen-bond acceptors (Lipinski definition) is 6. The van der Waals surface area contributed by atoms with E-state index in [0.717, 1.165) is 0 Å². The molecule has 0 aliphatic carbocycles. The fraction of sp³-hybridized carbons (Fsp3) is 0.188. The van der Waals surface area contributed by atoms with Gasteiger partial charge in [0.2, 0.25) is 5.91 Å². The zero-order chi connectivity index (χ0) is 19.8. The molecule has 3 aromatic rings. The van der Waals surface area contributed by atoms with Gasteiger partial charge in [-0.2, -0.15) is 10.2 Å². The van der Waals surface area contributed by atoms with Gasteiger partial charge < -0.3 is 15.9 Å². The van der Waals surface area contributed by atoms with Crippen LogP contribution in [0, 0.1) is 5.82 Å². The normalized spacial score (nSPS) is 10.1. The molecule has 0 atom stereocenters. The van der Waals surface area contributed by atoms with Gasteiger partial charge in [-0.1, -0.05) is 12.1 Å². The molecule has 0 bridgehead atoms. The van der Waals surface area contributed by atoms with Gasteiger partial charge in [-0.15, -0.1) is 0 Å². The molecular formula is C16H17FN6O4. The molecule has 142 valence electrons. The molecule has 0 aliphatic heterocycles. The fourth-order valence-corrected chi connectivity index (χ4v) is 2.31. The van der Waals surface area contributed by atoms with Gasteiger partial charge in [0.25, 0.3) is 6.47 Å². The van der Waals surface area contributed by atoms with E-state index in [2.05, 4.69) is 20.3 Å². The minimum atomic E-state index is -0.556. The Kier molecular flexibility index (Phi) is 6.72. The van der Waals surface area contributed by atoms with E-state index in [1.54, 1.807) is 24.3 Å². The van der Waals surface area contributed by atoms with E-state index in [9.17, 15) is 9.18 Å². The van der Waals surface area contributed by atoms with Gasteiger partial charge in [-0.25, -0.2) is 14.1 Å². The summed E-state index contributed by atoms with van der Waals surface area (Å²) < 4.78 is 15.3. The number of amides is 1. The number of carboxylic acid groups (broad SMARTS) is 1. The second-order valence-corrected chi connectivity index (χ2v) is 5.19. The summed E-state index contributed by atoms with van der Waals surface area (Å²) in [5, 5.41) is 27.0. The van der Waals surface area contributed by atoms with E-state index in [0.29, 0.717) is 22.8 Å². The Morgan fingerprint density at radius 3 is 2.70 bits per heavy atom. The first-order valence-corrected chi connectivity index (χ1v) is 7.71. The standard InChI is InChI=1S/C15H15FN6O2.CH2O2/c16-10-4-2-1-3-9(10)11-7-12(20-19-11)15-18-14(8-13(17)24)21-22(15)5-6-23;2-1-3/h1-4,7,23H,5-6,8H2,(H2,17,24)(H,19,20);1H,(H,2,3). The molecule has 0 unspecified atom stereocenters. The van der Waals surface area contributed by atoms with Crippen LogP contribution in [0.2, 0.25) is 0 Å². The maximum Gasteiger partial charge on any atom is 0.290 e. The number of carbonyl (C=O) groups is 2. The van der Waals surface area contributed by atoms with Crippen molar-refractivity contribution in [3.63, 3.8) is 0 Å². The summed E-state index contributed by atoms with van der Waals surface area (Å²) in [6.07, 6.45) is -0.111. The average Bonchev–Trinajstić information content (AvgIpc) is 3.23. The van der Waals surface area contributed by atoms with Crippen LogP contribution < -0.4 is 5.73 Å². The summed E-state index contributed by atoms with van der Waals surface area (Å²) in [7, 11) is 0. The third-order valence-electron chi connectivity index (χ3n) is 3.33. The topological polar surface area (TPSA) is 160 Å². The summed E-state index contributed by atoms with van der Waals surface area (Å²) in [5.41, 5.74) is 6.41. The van der Waals surface area contributed by atoms with Gasteiger partial charge in [-0.05, 0) is 18.2 Å². The molecule has 0 radical (unpaired) electrons. The number of aliphatic hydroxyl groups excluding tert-OH is 1. The first kappa shape index (κ1) is 19.7. The Balaban J connectivity index is 0.000000817. The monoisotopic (exact) mass is 376 g/mol. The van der Waals surface area contributed by atoms with Crippen LogP contribution >= 0.6 is 0 Å². The number of halogens is 1. The lowest BCUT2D eigenvalue weighted by Gasteiger charge is -2.00. The van der Waals surface area contributed by atoms with E-state index in [4.69, 9.17) is 20.7 Å². The smallest absolute Gasteiger partial charge is 0.290 e. The highest BCUT2D eigenvalue weighted by atomic mass is 19.1. The number of hydrogen-bond donors (Lipinski definition) is 4. The molecule has 0 spiro atoms. The number of aromatic nitrogens is 5. The van der Waals surface area contributed by atoms with Gasteiger partial charge in [0, 0.05) is 5.56 Å². The number of carbonyl (C=O) groups excluding carboxylic acids is 1. The lowest BCUT2D eigenvalue weighted by atomic mass is 10.1. The quantitative estimate of drug-likeness (QED) is 0.447. The molecular weight excluding hydrogens is 359 g/mol. The molecule has 11 heteroatoms. The summed E-state index contributed by atoms with van der Waals surface area (Å²) in [6.45, 7) is -0.212. The van der Waals surface area contributed by atoms with Crippen molar-refractivity contribution in [3.8, 4) is 22.8 Å². The first-order valence-electron chi connectivity index (χ1n) is 7.71. The van der Waals surface area contributed by atoms with E-state index < -0.39 is 5.91 Å². The molecule has 1 aromatic carbocycles. The summed E-state index contributed by atoms with van der Waals surface area (Å²) in [4.78, 5) is 23.6. The van der Waals surface area contributed by atoms with Gasteiger partial charge in [0.05, 0.1) is 25.3 Å². The lowest BCUT2D eigenvalue weighted by molar-refractivity contribution is -0.123. The molecule has 1 amide bonds. The number of nitrogens with two attached hydrogens (primary N) is 1. The van der Waals surface area contributed by atoms with E-state index in [1.807, 2.05) is 0 Å². The van der Waals surface area contributed by atoms with Crippen molar-refractivity contribution < 1.29 is 24.2 Å². The zero-order valence-electron chi connectivity index (χ0n) is 14.0. The number of nitrogens with one attached hydrogen (secondary N) is 1. The van der Waals surface area contributed by atoms with E-state index in [-0.39, 0.29) is 37.7 Å². The number of H-pyrrole nitrogens is 1. The van der Waals surface area contributed by atoms with Crippen LogP contribution in [-0.2, 0) is 22.6 Å². The predicted molar refractivity (Wildman–Crippen MR) is 91.7 cm³/mol. The third-order valence-corrected chi connectivity index (χ3v) is 3.33. The van der Waals surface area contributed by atoms with Crippen molar-refractivity contribution in [1.29, 1.82) is 0 Å². The average molecular weight is 376 g/mol. The van der Waals surface area contributed by atoms with Gasteiger partial charge >= 0.3 is 0 Å². The summed E-state index contributed by atoms with van der Waals surface area (Å²) in [5.74, 6) is -0.315. The SMILES string of the molecule is NC(=O)Cc1nc(-c2cc(-c3ccccc3F)n[nH]2)n(CCO)n1.O=CO. The maximum atomic E-state index is 13.9. The number of aliphatic hydroxyl groups is 1. The Morgan fingerprint density at radius 2 is 2.07 bits per heavy atom. The third kappa shape index (κ3) is 4.95. The van der Waals surface area contributed by atoms with Crippen LogP contribution in [0.4, 0.5) is 4.39 Å². The number of primary amides is 1. The van der Waals surface area contributed by atoms with Gasteiger partial charge in [0.1, 0.15) is 11.5 Å². The van der Waals surface area contributed by atoms with Crippen molar-refractivity contribution in [2.24, 2.45) is 5.73 Å². The number of benzene rings is 1. The van der Waals surface area contributed by atoms with Crippen LogP contribution in [0.15, 0.2) is 30.3 Å². The Bertz CT molecular complexity index is 923. The predicted octanol–water partition coefficient (Wildman–Crippen LogP) is 0.195. The van der Waals surface area contributed by atoms with E-state index in [1.165, 1.54) is 10.7 Å². The van der Waals surface area contributed by atoms with E-state index >= 15 is 0 Å². The molecule has 0 saturated heterocycles. The van der Waals surface area contributed by atoms with Crippen LogP contribution in [-0.4, -0.2) is 54.2 Å². The van der Waals surface area contributed by atoms with Gasteiger partial charge in [0.15, 0.2) is 11.6 Å². The maximum absolute atomic E-state index is 13.9. The highest BCUT2D eigenvalue weighted by Crippen LogP contribution is 2.24. The highest BCUT2D eigenvalue weighted by molar-refractivity contribution is 5.75. The summed E-state index contributed by atoms with van der Waals surface area (Å²) in [6, 6.07) is 7.91. The largest absolute Gasteiger partial charge is 0.483 e. The first-order chi connectivity index (χ1) is 13.0. The molecule has 3 rings (SSSR count).